The first kappa shape index (κ1) is 58.0. The molecule has 50 heavy (non-hydrogen) atoms. The van der Waals surface area contributed by atoms with Gasteiger partial charge >= 0.3 is 0 Å². The number of para-hydroxylation sites is 4. The third kappa shape index (κ3) is 15.1. The molecule has 4 N–H and O–H groups in total. The van der Waals surface area contributed by atoms with Crippen LogP contribution >= 0.6 is 0 Å². The molecule has 0 aliphatic heterocycles. The maximum Gasteiger partial charge on any atom is 0.0456 e. The van der Waals surface area contributed by atoms with Crippen LogP contribution in [0.15, 0.2) is 122 Å². The van der Waals surface area contributed by atoms with Crippen molar-refractivity contribution in [2.75, 3.05) is 0 Å². The summed E-state index contributed by atoms with van der Waals surface area (Å²) in [4.78, 5) is 12.6. The summed E-state index contributed by atoms with van der Waals surface area (Å²) in [7, 11) is 0. The first-order valence-corrected chi connectivity index (χ1v) is 14.1. The second-order valence-corrected chi connectivity index (χ2v) is 9.53. The smallest absolute Gasteiger partial charge is 0.0456 e. The van der Waals surface area contributed by atoms with Gasteiger partial charge < -0.3 is 19.9 Å². The Kier molecular flexibility index (Phi) is 34.3. The Labute approximate surface area is 321 Å². The number of H-pyrrole nitrogens is 4. The average molecular weight is 852 g/mol. The summed E-state index contributed by atoms with van der Waals surface area (Å²) >= 11 is 0. The average Bonchev–Trinajstić information content (AvgIpc) is 3.83. The van der Waals surface area contributed by atoms with E-state index < -0.39 is 0 Å². The SMILES string of the molecule is C.C.C.C.C.C.C.C.CC.Cc1c[nH]c2ccccc12.Cc1c[nH]c2ccccc12.Cc1c[nH]c2ccccc12.[W].[c-]1c[nH]c2ccccc12. The van der Waals surface area contributed by atoms with Gasteiger partial charge in [0.1, 0.15) is 0 Å². The molecule has 278 valence electrons. The van der Waals surface area contributed by atoms with Crippen LogP contribution in [0.2, 0.25) is 0 Å². The number of fused-ring (bicyclic) bond motifs is 4. The fraction of sp³-hybridized carbons (Fsp3) is 0.289. The van der Waals surface area contributed by atoms with E-state index in [9.17, 15) is 0 Å². The number of benzene rings is 4. The van der Waals surface area contributed by atoms with Gasteiger partial charge in [0.25, 0.3) is 0 Å². The van der Waals surface area contributed by atoms with E-state index >= 15 is 0 Å². The quantitative estimate of drug-likeness (QED) is 0.110. The number of aryl methyl sites for hydroxylation is 3. The number of hydrogen-bond donors (Lipinski definition) is 4. The number of hydrogen-bond acceptors (Lipinski definition) is 0. The van der Waals surface area contributed by atoms with Gasteiger partial charge in [-0.25, -0.2) is 0 Å². The van der Waals surface area contributed by atoms with E-state index in [4.69, 9.17) is 0 Å². The van der Waals surface area contributed by atoms with Crippen LogP contribution in [0.3, 0.4) is 0 Å². The Hall–Kier alpha value is -4.27. The number of rotatable bonds is 0. The topological polar surface area (TPSA) is 63.2 Å². The predicted molar refractivity (Wildman–Crippen MR) is 231 cm³/mol. The molecule has 4 aromatic carbocycles. The molecule has 5 heteroatoms. The van der Waals surface area contributed by atoms with Crippen molar-refractivity contribution in [1.82, 2.24) is 19.9 Å². The summed E-state index contributed by atoms with van der Waals surface area (Å²) in [5, 5.41) is 5.12. The molecule has 0 aliphatic carbocycles. The van der Waals surface area contributed by atoms with Crippen molar-refractivity contribution in [2.45, 2.75) is 94.0 Å². The van der Waals surface area contributed by atoms with E-state index in [1.807, 2.05) is 81.1 Å². The van der Waals surface area contributed by atoms with Crippen LogP contribution in [0, 0.1) is 26.8 Å². The van der Waals surface area contributed by atoms with Crippen molar-refractivity contribution in [1.29, 1.82) is 0 Å². The first-order valence-electron chi connectivity index (χ1n) is 14.1. The molecule has 0 unspecified atom stereocenters. The van der Waals surface area contributed by atoms with E-state index in [0.29, 0.717) is 0 Å². The van der Waals surface area contributed by atoms with Gasteiger partial charge in [-0.1, -0.05) is 152 Å². The van der Waals surface area contributed by atoms with Crippen molar-refractivity contribution in [3.63, 3.8) is 0 Å². The van der Waals surface area contributed by atoms with Crippen LogP contribution in [-0.4, -0.2) is 19.9 Å². The first-order chi connectivity index (χ1) is 20.1. The second-order valence-electron chi connectivity index (χ2n) is 9.53. The van der Waals surface area contributed by atoms with Crippen LogP contribution in [0.4, 0.5) is 0 Å². The molecule has 4 aromatic heterocycles. The molecular weight excluding hydrogens is 780 g/mol. The van der Waals surface area contributed by atoms with Gasteiger partial charge in [0.15, 0.2) is 0 Å². The zero-order chi connectivity index (χ0) is 29.0. The van der Waals surface area contributed by atoms with Crippen LogP contribution in [0.25, 0.3) is 43.6 Å². The molecule has 4 nitrogen and oxygen atoms in total. The largest absolute Gasteiger partial charge is 0.424 e. The maximum absolute atomic E-state index is 3.19. The fourth-order valence-corrected chi connectivity index (χ4v) is 4.58. The Morgan fingerprint density at radius 1 is 0.380 bits per heavy atom. The van der Waals surface area contributed by atoms with Gasteiger partial charge in [-0.05, 0) is 55.7 Å². The molecule has 0 aliphatic rings. The molecule has 0 bridgehead atoms. The van der Waals surface area contributed by atoms with Crippen LogP contribution in [0.5, 0.6) is 0 Å². The monoisotopic (exact) mass is 852 g/mol. The molecule has 0 saturated heterocycles. The predicted octanol–water partition coefficient (Wildman–Crippen LogP) is 15.5. The molecule has 0 fully saturated rings. The molecule has 0 saturated carbocycles. The summed E-state index contributed by atoms with van der Waals surface area (Å²) in [6.07, 6.45) is 7.92. The summed E-state index contributed by atoms with van der Waals surface area (Å²) in [6.45, 7) is 10.3. The summed E-state index contributed by atoms with van der Waals surface area (Å²) < 4.78 is 0. The molecule has 0 atom stereocenters. The van der Waals surface area contributed by atoms with E-state index in [-0.39, 0.29) is 80.5 Å². The molecule has 0 spiro atoms. The van der Waals surface area contributed by atoms with E-state index in [0.717, 1.165) is 10.9 Å². The van der Waals surface area contributed by atoms with E-state index in [1.165, 1.54) is 49.4 Å². The number of nitrogens with one attached hydrogen (secondary N) is 4. The molecule has 0 radical (unpaired) electrons. The van der Waals surface area contributed by atoms with Gasteiger partial charge in [0.2, 0.25) is 0 Å². The number of aromatic amines is 4. The minimum atomic E-state index is 0. The van der Waals surface area contributed by atoms with E-state index in [1.54, 1.807) is 0 Å². The Bertz CT molecular complexity index is 1720. The standard InChI is InChI=1S/3C9H9N.C8H6N.C2H6.8CH4.W/c3*1-7-6-10-9-5-3-2-4-8(7)9;1-2-4-8-7(3-1)5-6-9-8;1-2;;;;;;;;;/h3*2-6,10H,1H3;1-4,6,9H;1-2H3;8*1H4;/q;;;-1;;;;;;;;;;. The molecule has 0 amide bonds. The summed E-state index contributed by atoms with van der Waals surface area (Å²) in [6, 6.07) is 36.1. The Balaban J connectivity index is -0.000000120. The van der Waals surface area contributed by atoms with Gasteiger partial charge in [-0.3, -0.25) is 0 Å². The van der Waals surface area contributed by atoms with Gasteiger partial charge in [0, 0.05) is 72.4 Å². The van der Waals surface area contributed by atoms with Crippen LogP contribution in [-0.2, 0) is 21.1 Å². The van der Waals surface area contributed by atoms with Crippen LogP contribution < -0.4 is 0 Å². The Morgan fingerprint density at radius 2 is 0.660 bits per heavy atom. The van der Waals surface area contributed by atoms with E-state index in [2.05, 4.69) is 101 Å². The maximum atomic E-state index is 3.19. The van der Waals surface area contributed by atoms with Crippen molar-refractivity contribution >= 4 is 43.6 Å². The third-order valence-electron chi connectivity index (χ3n) is 6.77. The molecule has 8 aromatic rings. The summed E-state index contributed by atoms with van der Waals surface area (Å²) in [5.74, 6) is 0. The van der Waals surface area contributed by atoms with Gasteiger partial charge in [-0.15, -0.1) is 6.07 Å². The zero-order valence-corrected chi connectivity index (χ0v) is 27.9. The number of aromatic nitrogens is 4. The zero-order valence-electron chi connectivity index (χ0n) is 25.0. The summed E-state index contributed by atoms with van der Waals surface area (Å²) in [5.41, 5.74) is 8.76. The third-order valence-corrected chi connectivity index (χ3v) is 6.77. The van der Waals surface area contributed by atoms with Gasteiger partial charge in [-0.2, -0.15) is 17.5 Å². The fourth-order valence-electron chi connectivity index (χ4n) is 4.58. The minimum Gasteiger partial charge on any atom is -0.424 e. The second kappa shape index (κ2) is 29.6. The van der Waals surface area contributed by atoms with Crippen LogP contribution in [0.1, 0.15) is 90.0 Å². The molecule has 4 heterocycles. The molecule has 8 rings (SSSR count). The molecular formula is C45H71N4W-. The van der Waals surface area contributed by atoms with Crippen molar-refractivity contribution in [3.8, 4) is 0 Å². The Morgan fingerprint density at radius 3 is 0.960 bits per heavy atom. The van der Waals surface area contributed by atoms with Crippen molar-refractivity contribution in [2.24, 2.45) is 0 Å². The van der Waals surface area contributed by atoms with Crippen molar-refractivity contribution in [3.05, 3.63) is 145 Å². The minimum absolute atomic E-state index is 0. The van der Waals surface area contributed by atoms with Gasteiger partial charge in [0.05, 0.1) is 0 Å². The van der Waals surface area contributed by atoms with Crippen molar-refractivity contribution < 1.29 is 21.1 Å². The normalized spacial score (nSPS) is 8.26.